The molecule has 0 saturated carbocycles. The first-order valence-electron chi connectivity index (χ1n) is 12.9. The summed E-state index contributed by atoms with van der Waals surface area (Å²) in [6, 6.07) is 28.8. The van der Waals surface area contributed by atoms with Crippen molar-refractivity contribution in [1.29, 1.82) is 0 Å². The molecule has 0 heterocycles. The number of carboxylic acid groups (broad SMARTS) is 1. The summed E-state index contributed by atoms with van der Waals surface area (Å²) >= 11 is 0. The molecule has 4 aromatic carbocycles. The van der Waals surface area contributed by atoms with Gasteiger partial charge in [-0.1, -0.05) is 90.0 Å². The largest absolute Gasteiger partial charge is 0.480 e. The summed E-state index contributed by atoms with van der Waals surface area (Å²) in [7, 11) is 0. The Morgan fingerprint density at radius 1 is 0.816 bits per heavy atom. The minimum absolute atomic E-state index is 0.0703. The highest BCUT2D eigenvalue weighted by Gasteiger charge is 2.41. The molecule has 0 bridgehead atoms. The number of aliphatic carboxylic acids is 1. The van der Waals surface area contributed by atoms with Crippen molar-refractivity contribution in [2.45, 2.75) is 45.1 Å². The molecule has 0 aliphatic heterocycles. The third-order valence-electron chi connectivity index (χ3n) is 6.95. The molecule has 0 spiro atoms. The zero-order chi connectivity index (χ0) is 27.1. The minimum atomic E-state index is -1.63. The van der Waals surface area contributed by atoms with Gasteiger partial charge < -0.3 is 5.11 Å². The first-order chi connectivity index (χ1) is 18.3. The van der Waals surface area contributed by atoms with E-state index >= 15 is 0 Å². The third kappa shape index (κ3) is 6.61. The highest BCUT2D eigenvalue weighted by Crippen LogP contribution is 2.26. The van der Waals surface area contributed by atoms with Crippen molar-refractivity contribution < 1.29 is 19.5 Å². The first kappa shape index (κ1) is 27.0. The van der Waals surface area contributed by atoms with Crippen LogP contribution in [-0.4, -0.2) is 34.7 Å². The van der Waals surface area contributed by atoms with Gasteiger partial charge in [0.15, 0.2) is 5.78 Å². The Labute approximate surface area is 223 Å². The number of Topliss-reactive ketones (excluding diaryl/α,β-unsaturated/α-hetero) is 2. The van der Waals surface area contributed by atoms with Crippen LogP contribution in [0.3, 0.4) is 0 Å². The molecule has 0 radical (unpaired) electrons. The van der Waals surface area contributed by atoms with Crippen LogP contribution < -0.4 is 5.32 Å². The molecule has 2 N–H and O–H groups in total. The van der Waals surface area contributed by atoms with Gasteiger partial charge >= 0.3 is 5.97 Å². The molecule has 0 amide bonds. The average Bonchev–Trinajstić information content (AvgIpc) is 2.90. The normalized spacial score (nSPS) is 12.7. The second-order valence-corrected chi connectivity index (χ2v) is 10.1. The van der Waals surface area contributed by atoms with Crippen molar-refractivity contribution in [3.05, 3.63) is 119 Å². The van der Waals surface area contributed by atoms with E-state index in [1.54, 1.807) is 12.1 Å². The molecule has 0 aliphatic carbocycles. The van der Waals surface area contributed by atoms with E-state index in [-0.39, 0.29) is 37.4 Å². The van der Waals surface area contributed by atoms with Gasteiger partial charge in [-0.05, 0) is 54.3 Å². The number of aryl methyl sites for hydroxylation is 3. The molecule has 1 unspecified atom stereocenters. The van der Waals surface area contributed by atoms with E-state index < -0.39 is 11.5 Å². The maximum atomic E-state index is 13.2. The van der Waals surface area contributed by atoms with Crippen LogP contribution in [0.1, 0.15) is 45.5 Å². The van der Waals surface area contributed by atoms with Crippen LogP contribution in [-0.2, 0) is 22.4 Å². The fraction of sp³-hybridized carbons (Fsp3) is 0.242. The van der Waals surface area contributed by atoms with Crippen molar-refractivity contribution >= 4 is 28.3 Å². The number of nitrogens with one attached hydrogen (secondary N) is 1. The van der Waals surface area contributed by atoms with Crippen molar-refractivity contribution in [2.24, 2.45) is 0 Å². The molecule has 0 saturated heterocycles. The monoisotopic (exact) mass is 507 g/mol. The van der Waals surface area contributed by atoms with Crippen LogP contribution >= 0.6 is 0 Å². The quantitative estimate of drug-likeness (QED) is 0.234. The Hall–Kier alpha value is -4.09. The SMILES string of the molecule is Cc1cc(C)cc(C(=O)CNC(CC(=O)CCc2ccccc2)(Cc2cccc3ccccc23)C(=O)O)c1. The summed E-state index contributed by atoms with van der Waals surface area (Å²) in [6.45, 7) is 3.65. The summed E-state index contributed by atoms with van der Waals surface area (Å²) in [6.07, 6.45) is 0.603. The fourth-order valence-corrected chi connectivity index (χ4v) is 5.03. The van der Waals surface area contributed by atoms with Crippen molar-refractivity contribution in [2.75, 3.05) is 6.54 Å². The summed E-state index contributed by atoms with van der Waals surface area (Å²) in [5.41, 5.74) is 2.65. The summed E-state index contributed by atoms with van der Waals surface area (Å²) < 4.78 is 0. The fourth-order valence-electron chi connectivity index (χ4n) is 5.03. The number of carbonyl (C=O) groups excluding carboxylic acids is 2. The average molecular weight is 508 g/mol. The Bertz CT molecular complexity index is 1440. The smallest absolute Gasteiger partial charge is 0.324 e. The Balaban J connectivity index is 1.62. The Kier molecular flexibility index (Phi) is 8.49. The van der Waals surface area contributed by atoms with E-state index in [1.807, 2.05) is 92.7 Å². The molecule has 194 valence electrons. The third-order valence-corrected chi connectivity index (χ3v) is 6.95. The van der Waals surface area contributed by atoms with Crippen LogP contribution in [0.4, 0.5) is 0 Å². The predicted molar refractivity (Wildman–Crippen MR) is 151 cm³/mol. The molecule has 0 aliphatic rings. The molecular weight excluding hydrogens is 474 g/mol. The maximum absolute atomic E-state index is 13.2. The van der Waals surface area contributed by atoms with Crippen molar-refractivity contribution in [3.8, 4) is 0 Å². The minimum Gasteiger partial charge on any atom is -0.480 e. The van der Waals surface area contributed by atoms with Gasteiger partial charge in [0.1, 0.15) is 11.3 Å². The predicted octanol–water partition coefficient (Wildman–Crippen LogP) is 5.89. The Morgan fingerprint density at radius 3 is 2.18 bits per heavy atom. The molecular formula is C33H33NO4. The van der Waals surface area contributed by atoms with Crippen LogP contribution in [0.5, 0.6) is 0 Å². The summed E-state index contributed by atoms with van der Waals surface area (Å²) in [4.78, 5) is 39.2. The molecule has 38 heavy (non-hydrogen) atoms. The maximum Gasteiger partial charge on any atom is 0.324 e. The van der Waals surface area contributed by atoms with E-state index in [2.05, 4.69) is 5.32 Å². The lowest BCUT2D eigenvalue weighted by Gasteiger charge is -2.31. The van der Waals surface area contributed by atoms with E-state index in [4.69, 9.17) is 0 Å². The van der Waals surface area contributed by atoms with Gasteiger partial charge in [-0.3, -0.25) is 19.7 Å². The number of hydrogen-bond donors (Lipinski definition) is 2. The van der Waals surface area contributed by atoms with Crippen LogP contribution in [0.2, 0.25) is 0 Å². The van der Waals surface area contributed by atoms with Gasteiger partial charge in [-0.25, -0.2) is 0 Å². The number of ketones is 2. The van der Waals surface area contributed by atoms with Crippen LogP contribution in [0.15, 0.2) is 91.0 Å². The van der Waals surface area contributed by atoms with Gasteiger partial charge in [0, 0.05) is 24.8 Å². The van der Waals surface area contributed by atoms with Crippen molar-refractivity contribution in [3.63, 3.8) is 0 Å². The second kappa shape index (κ2) is 12.0. The van der Waals surface area contributed by atoms with Gasteiger partial charge in [0.2, 0.25) is 0 Å². The van der Waals surface area contributed by atoms with E-state index in [1.165, 1.54) is 0 Å². The highest BCUT2D eigenvalue weighted by atomic mass is 16.4. The number of carboxylic acids is 1. The lowest BCUT2D eigenvalue weighted by Crippen LogP contribution is -2.56. The van der Waals surface area contributed by atoms with E-state index in [9.17, 15) is 19.5 Å². The molecule has 0 aromatic heterocycles. The van der Waals surface area contributed by atoms with Gasteiger partial charge in [0.05, 0.1) is 6.54 Å². The lowest BCUT2D eigenvalue weighted by atomic mass is 9.83. The van der Waals surface area contributed by atoms with E-state index in [0.717, 1.165) is 33.0 Å². The number of fused-ring (bicyclic) bond motifs is 1. The van der Waals surface area contributed by atoms with Crippen molar-refractivity contribution in [1.82, 2.24) is 5.32 Å². The van der Waals surface area contributed by atoms with Crippen LogP contribution in [0, 0.1) is 13.8 Å². The second-order valence-electron chi connectivity index (χ2n) is 10.1. The number of hydrogen-bond acceptors (Lipinski definition) is 4. The molecule has 5 nitrogen and oxygen atoms in total. The topological polar surface area (TPSA) is 83.5 Å². The zero-order valence-electron chi connectivity index (χ0n) is 21.9. The van der Waals surface area contributed by atoms with Gasteiger partial charge in [-0.15, -0.1) is 0 Å². The number of carbonyl (C=O) groups is 3. The molecule has 4 rings (SSSR count). The lowest BCUT2D eigenvalue weighted by molar-refractivity contribution is -0.147. The summed E-state index contributed by atoms with van der Waals surface area (Å²) in [5, 5.41) is 15.5. The standard InChI is InChI=1S/C33H33NO4/c1-23-17-24(2)19-28(18-23)31(36)22-34-33(32(37)38,21-29(35)16-15-25-9-4-3-5-10-25)20-27-13-8-12-26-11-6-7-14-30(26)27/h3-14,17-19,34H,15-16,20-22H2,1-2H3,(H,37,38). The zero-order valence-corrected chi connectivity index (χ0v) is 21.9. The first-order valence-corrected chi connectivity index (χ1v) is 12.9. The van der Waals surface area contributed by atoms with E-state index in [0.29, 0.717) is 12.0 Å². The number of rotatable bonds is 12. The van der Waals surface area contributed by atoms with Gasteiger partial charge in [-0.2, -0.15) is 0 Å². The molecule has 0 fully saturated rings. The summed E-state index contributed by atoms with van der Waals surface area (Å²) in [5.74, 6) is -1.52. The Morgan fingerprint density at radius 2 is 1.47 bits per heavy atom. The number of benzene rings is 4. The molecule has 4 aromatic rings. The highest BCUT2D eigenvalue weighted by molar-refractivity contribution is 5.99. The molecule has 1 atom stereocenters. The molecule has 5 heteroatoms. The van der Waals surface area contributed by atoms with Crippen LogP contribution in [0.25, 0.3) is 10.8 Å². The van der Waals surface area contributed by atoms with Gasteiger partial charge in [0.25, 0.3) is 0 Å².